The van der Waals surface area contributed by atoms with Crippen LogP contribution in [0.5, 0.6) is 0 Å². The Kier molecular flexibility index (Phi) is 3.74. The van der Waals surface area contributed by atoms with E-state index in [-0.39, 0.29) is 12.6 Å². The van der Waals surface area contributed by atoms with Crippen LogP contribution in [0, 0.1) is 0 Å². The molecule has 11 heavy (non-hydrogen) atoms. The van der Waals surface area contributed by atoms with Crippen LogP contribution in [-0.2, 0) is 0 Å². The van der Waals surface area contributed by atoms with E-state index in [0.717, 1.165) is 6.54 Å². The van der Waals surface area contributed by atoms with E-state index in [1.165, 1.54) is 12.8 Å². The molecule has 0 aliphatic carbocycles. The van der Waals surface area contributed by atoms with Crippen molar-refractivity contribution in [2.24, 2.45) is 5.73 Å². The van der Waals surface area contributed by atoms with Gasteiger partial charge in [0.1, 0.15) is 12.6 Å². The second-order valence-electron chi connectivity index (χ2n) is 2.67. The molecule has 0 atom stereocenters. The highest BCUT2D eigenvalue weighted by Crippen LogP contribution is 1.84. The van der Waals surface area contributed by atoms with E-state index in [1.54, 1.807) is 0 Å². The second kappa shape index (κ2) is 4.63. The number of nitrogens with two attached hydrogens (primary N) is 1. The van der Waals surface area contributed by atoms with Crippen molar-refractivity contribution in [3.05, 3.63) is 0 Å². The maximum absolute atomic E-state index is 5.41. The number of hydrazine groups is 1. The molecule has 0 aromatic carbocycles. The summed E-state index contributed by atoms with van der Waals surface area (Å²) >= 11 is 0. The standard InChI is InChI=1S/C6H17N5/c1-2-3-4-8-11-6-9-5(7)10-6/h5-6,8-11H,2-4,7H2,1H3. The summed E-state index contributed by atoms with van der Waals surface area (Å²) in [7, 11) is 0. The number of hydrogen-bond donors (Lipinski definition) is 5. The maximum Gasteiger partial charge on any atom is 0.129 e. The average Bonchev–Trinajstić information content (AvgIpc) is 1.94. The van der Waals surface area contributed by atoms with Gasteiger partial charge in [-0.15, -0.1) is 0 Å². The van der Waals surface area contributed by atoms with Crippen molar-refractivity contribution in [1.82, 2.24) is 21.5 Å². The molecule has 1 aliphatic heterocycles. The molecular weight excluding hydrogens is 142 g/mol. The third-order valence-corrected chi connectivity index (χ3v) is 1.59. The fraction of sp³-hybridized carbons (Fsp3) is 1.00. The van der Waals surface area contributed by atoms with Gasteiger partial charge in [0.2, 0.25) is 0 Å². The van der Waals surface area contributed by atoms with Gasteiger partial charge in [0.15, 0.2) is 0 Å². The van der Waals surface area contributed by atoms with E-state index in [9.17, 15) is 0 Å². The topological polar surface area (TPSA) is 74.1 Å². The van der Waals surface area contributed by atoms with Gasteiger partial charge in [0, 0.05) is 6.54 Å². The summed E-state index contributed by atoms with van der Waals surface area (Å²) in [6.07, 6.45) is 2.47. The zero-order valence-electron chi connectivity index (χ0n) is 6.85. The molecule has 5 nitrogen and oxygen atoms in total. The van der Waals surface area contributed by atoms with Gasteiger partial charge in [0.05, 0.1) is 0 Å². The molecule has 0 spiro atoms. The van der Waals surface area contributed by atoms with Crippen LogP contribution in [0.1, 0.15) is 19.8 Å². The molecule has 1 heterocycles. The first-order valence-corrected chi connectivity index (χ1v) is 4.09. The Balaban J connectivity index is 1.81. The summed E-state index contributed by atoms with van der Waals surface area (Å²) in [6.45, 7) is 3.16. The summed E-state index contributed by atoms with van der Waals surface area (Å²) in [6, 6.07) is 0. The van der Waals surface area contributed by atoms with E-state index < -0.39 is 0 Å². The summed E-state index contributed by atoms with van der Waals surface area (Å²) in [5.41, 5.74) is 11.5. The van der Waals surface area contributed by atoms with Gasteiger partial charge in [-0.2, -0.15) is 0 Å². The summed E-state index contributed by atoms with van der Waals surface area (Å²) in [4.78, 5) is 0. The van der Waals surface area contributed by atoms with Crippen LogP contribution in [0.2, 0.25) is 0 Å². The third-order valence-electron chi connectivity index (χ3n) is 1.59. The lowest BCUT2D eigenvalue weighted by Gasteiger charge is -2.36. The normalized spacial score (nSPS) is 30.0. The van der Waals surface area contributed by atoms with Crippen molar-refractivity contribution >= 4 is 0 Å². The van der Waals surface area contributed by atoms with Crippen molar-refractivity contribution in [2.75, 3.05) is 6.54 Å². The molecule has 6 N–H and O–H groups in total. The fourth-order valence-electron chi connectivity index (χ4n) is 0.882. The predicted octanol–water partition coefficient (Wildman–Crippen LogP) is -1.40. The van der Waals surface area contributed by atoms with Crippen LogP contribution in [0.3, 0.4) is 0 Å². The molecule has 1 fully saturated rings. The van der Waals surface area contributed by atoms with E-state index in [4.69, 9.17) is 5.73 Å². The van der Waals surface area contributed by atoms with E-state index >= 15 is 0 Å². The SMILES string of the molecule is CCCCNNC1NC(N)N1. The number of rotatable bonds is 5. The largest absolute Gasteiger partial charge is 0.303 e. The number of unbranched alkanes of at least 4 members (excludes halogenated alkanes) is 1. The predicted molar refractivity (Wildman–Crippen MR) is 44.1 cm³/mol. The molecule has 66 valence electrons. The Morgan fingerprint density at radius 3 is 2.73 bits per heavy atom. The molecule has 0 aromatic rings. The van der Waals surface area contributed by atoms with Crippen LogP contribution in [0.4, 0.5) is 0 Å². The summed E-state index contributed by atoms with van der Waals surface area (Å²) in [5, 5.41) is 6.03. The Morgan fingerprint density at radius 2 is 2.18 bits per heavy atom. The van der Waals surface area contributed by atoms with Gasteiger partial charge in [-0.05, 0) is 6.42 Å². The minimum atomic E-state index is -0.0551. The second-order valence-corrected chi connectivity index (χ2v) is 2.67. The lowest BCUT2D eigenvalue weighted by molar-refractivity contribution is 0.149. The van der Waals surface area contributed by atoms with Gasteiger partial charge in [-0.3, -0.25) is 16.1 Å². The minimum Gasteiger partial charge on any atom is -0.303 e. The van der Waals surface area contributed by atoms with Crippen LogP contribution in [0.15, 0.2) is 0 Å². The first-order chi connectivity index (χ1) is 5.33. The van der Waals surface area contributed by atoms with Crippen molar-refractivity contribution < 1.29 is 0 Å². The number of hydrogen-bond acceptors (Lipinski definition) is 5. The molecule has 1 saturated heterocycles. The quantitative estimate of drug-likeness (QED) is 0.252. The van der Waals surface area contributed by atoms with E-state index in [0.29, 0.717) is 0 Å². The van der Waals surface area contributed by atoms with Gasteiger partial charge in [-0.25, -0.2) is 5.43 Å². The molecule has 1 aliphatic rings. The van der Waals surface area contributed by atoms with Gasteiger partial charge in [0.25, 0.3) is 0 Å². The van der Waals surface area contributed by atoms with Crippen LogP contribution < -0.4 is 27.2 Å². The van der Waals surface area contributed by atoms with Crippen LogP contribution >= 0.6 is 0 Å². The number of nitrogens with one attached hydrogen (secondary N) is 4. The lowest BCUT2D eigenvalue weighted by atomic mass is 10.3. The Labute approximate surface area is 67.1 Å². The van der Waals surface area contributed by atoms with Crippen molar-refractivity contribution in [3.63, 3.8) is 0 Å². The van der Waals surface area contributed by atoms with Crippen LogP contribution in [-0.4, -0.2) is 19.1 Å². The Hall–Kier alpha value is -0.200. The van der Waals surface area contributed by atoms with Crippen molar-refractivity contribution in [3.8, 4) is 0 Å². The van der Waals surface area contributed by atoms with Crippen molar-refractivity contribution in [1.29, 1.82) is 0 Å². The van der Waals surface area contributed by atoms with Crippen LogP contribution in [0.25, 0.3) is 0 Å². The first kappa shape index (κ1) is 8.89. The smallest absolute Gasteiger partial charge is 0.129 e. The highest BCUT2D eigenvalue weighted by molar-refractivity contribution is 4.74. The molecule has 0 radical (unpaired) electrons. The van der Waals surface area contributed by atoms with Gasteiger partial charge >= 0.3 is 0 Å². The maximum atomic E-state index is 5.41. The zero-order chi connectivity index (χ0) is 8.10. The summed E-state index contributed by atoms with van der Waals surface area (Å²) in [5.74, 6) is 0. The highest BCUT2D eigenvalue weighted by Gasteiger charge is 2.21. The third kappa shape index (κ3) is 3.13. The molecule has 0 aromatic heterocycles. The van der Waals surface area contributed by atoms with E-state index in [1.807, 2.05) is 0 Å². The minimum absolute atomic E-state index is 0.0551. The summed E-state index contributed by atoms with van der Waals surface area (Å²) < 4.78 is 0. The monoisotopic (exact) mass is 159 g/mol. The van der Waals surface area contributed by atoms with E-state index in [2.05, 4.69) is 28.4 Å². The van der Waals surface area contributed by atoms with Gasteiger partial charge in [-0.1, -0.05) is 13.3 Å². The average molecular weight is 159 g/mol. The van der Waals surface area contributed by atoms with Crippen molar-refractivity contribution in [2.45, 2.75) is 32.3 Å². The molecule has 0 saturated carbocycles. The van der Waals surface area contributed by atoms with Gasteiger partial charge < -0.3 is 5.73 Å². The molecule has 0 amide bonds. The molecular formula is C6H17N5. The molecule has 0 unspecified atom stereocenters. The molecule has 0 bridgehead atoms. The molecule has 5 heteroatoms. The molecule has 1 rings (SSSR count). The highest BCUT2D eigenvalue weighted by atomic mass is 15.6. The fourth-order valence-corrected chi connectivity index (χ4v) is 0.882. The zero-order valence-corrected chi connectivity index (χ0v) is 6.85. The Bertz CT molecular complexity index is 101. The Morgan fingerprint density at radius 1 is 1.45 bits per heavy atom. The lowest BCUT2D eigenvalue weighted by Crippen LogP contribution is -2.77. The first-order valence-electron chi connectivity index (χ1n) is 4.09.